The number of halogens is 3. The zero-order valence-corrected chi connectivity index (χ0v) is 11.3. The van der Waals surface area contributed by atoms with E-state index in [9.17, 15) is 13.2 Å². The minimum absolute atomic E-state index is 0.0583. The van der Waals surface area contributed by atoms with Gasteiger partial charge in [0.1, 0.15) is 5.69 Å². The summed E-state index contributed by atoms with van der Waals surface area (Å²) >= 11 is 0. The van der Waals surface area contributed by atoms with Gasteiger partial charge < -0.3 is 10.1 Å². The average Bonchev–Trinajstić information content (AvgIpc) is 2.46. The fourth-order valence-corrected chi connectivity index (χ4v) is 1.80. The van der Waals surface area contributed by atoms with Crippen LogP contribution in [0.25, 0.3) is 0 Å². The third-order valence-electron chi connectivity index (χ3n) is 2.80. The predicted octanol–water partition coefficient (Wildman–Crippen LogP) is 3.25. The van der Waals surface area contributed by atoms with Gasteiger partial charge >= 0.3 is 6.18 Å². The Kier molecular flexibility index (Phi) is 4.74. The van der Waals surface area contributed by atoms with Gasteiger partial charge in [-0.15, -0.1) is 0 Å². The fraction of sp³-hybridized carbons (Fsp3) is 0.286. The van der Waals surface area contributed by atoms with Gasteiger partial charge in [0.25, 0.3) is 0 Å². The van der Waals surface area contributed by atoms with Crippen LogP contribution in [0, 0.1) is 0 Å². The molecule has 0 atom stereocenters. The first-order valence-corrected chi connectivity index (χ1v) is 6.20. The standard InChI is InChI=1S/C14H14F3N3O/c1-21-9-11-5-3-2-4-10(11)8-19-13-18-7-6-12(20-13)14(15,16)17/h2-7H,8-9H2,1H3,(H,18,19,20). The van der Waals surface area contributed by atoms with E-state index < -0.39 is 11.9 Å². The number of hydrogen-bond donors (Lipinski definition) is 1. The molecular weight excluding hydrogens is 283 g/mol. The van der Waals surface area contributed by atoms with Gasteiger partial charge in [-0.3, -0.25) is 0 Å². The molecule has 21 heavy (non-hydrogen) atoms. The molecule has 7 heteroatoms. The number of aromatic nitrogens is 2. The molecule has 1 aromatic heterocycles. The number of ether oxygens (including phenoxy) is 1. The van der Waals surface area contributed by atoms with Crippen LogP contribution in [0.15, 0.2) is 36.5 Å². The molecular formula is C14H14F3N3O. The Balaban J connectivity index is 2.10. The van der Waals surface area contributed by atoms with Crippen LogP contribution in [-0.4, -0.2) is 17.1 Å². The first-order valence-electron chi connectivity index (χ1n) is 6.20. The lowest BCUT2D eigenvalue weighted by Crippen LogP contribution is -2.12. The molecule has 0 unspecified atom stereocenters. The van der Waals surface area contributed by atoms with E-state index in [0.717, 1.165) is 23.4 Å². The largest absolute Gasteiger partial charge is 0.433 e. The summed E-state index contributed by atoms with van der Waals surface area (Å²) < 4.78 is 42.8. The van der Waals surface area contributed by atoms with Gasteiger partial charge in [0, 0.05) is 19.9 Å². The normalized spacial score (nSPS) is 11.4. The molecule has 0 bridgehead atoms. The molecule has 0 spiro atoms. The highest BCUT2D eigenvalue weighted by Crippen LogP contribution is 2.27. The van der Waals surface area contributed by atoms with Crippen LogP contribution in [-0.2, 0) is 24.1 Å². The predicted molar refractivity (Wildman–Crippen MR) is 71.5 cm³/mol. The lowest BCUT2D eigenvalue weighted by molar-refractivity contribution is -0.141. The highest BCUT2D eigenvalue weighted by molar-refractivity contribution is 5.32. The van der Waals surface area contributed by atoms with Crippen molar-refractivity contribution in [1.29, 1.82) is 0 Å². The Bertz CT molecular complexity index is 602. The molecule has 1 heterocycles. The van der Waals surface area contributed by atoms with Gasteiger partial charge in [-0.2, -0.15) is 13.2 Å². The van der Waals surface area contributed by atoms with Gasteiger partial charge in [-0.25, -0.2) is 9.97 Å². The van der Waals surface area contributed by atoms with E-state index in [2.05, 4.69) is 15.3 Å². The number of alkyl halides is 3. The van der Waals surface area contributed by atoms with Crippen molar-refractivity contribution in [3.05, 3.63) is 53.3 Å². The summed E-state index contributed by atoms with van der Waals surface area (Å²) in [5.41, 5.74) is 0.907. The van der Waals surface area contributed by atoms with E-state index in [-0.39, 0.29) is 5.95 Å². The van der Waals surface area contributed by atoms with Crippen LogP contribution in [0.3, 0.4) is 0 Å². The Morgan fingerprint density at radius 1 is 1.14 bits per heavy atom. The molecule has 0 saturated heterocycles. The highest BCUT2D eigenvalue weighted by Gasteiger charge is 2.32. The SMILES string of the molecule is COCc1ccccc1CNc1nccc(C(F)(F)F)n1. The molecule has 2 rings (SSSR count). The van der Waals surface area contributed by atoms with Crippen LogP contribution >= 0.6 is 0 Å². The first kappa shape index (κ1) is 15.2. The number of methoxy groups -OCH3 is 1. The number of benzene rings is 1. The Morgan fingerprint density at radius 2 is 1.86 bits per heavy atom. The number of hydrogen-bond acceptors (Lipinski definition) is 4. The number of nitrogens with one attached hydrogen (secondary N) is 1. The van der Waals surface area contributed by atoms with Gasteiger partial charge in [-0.1, -0.05) is 24.3 Å². The smallest absolute Gasteiger partial charge is 0.380 e. The summed E-state index contributed by atoms with van der Waals surface area (Å²) in [5.74, 6) is -0.0583. The highest BCUT2D eigenvalue weighted by atomic mass is 19.4. The molecule has 112 valence electrons. The second kappa shape index (κ2) is 6.53. The van der Waals surface area contributed by atoms with Crippen molar-refractivity contribution < 1.29 is 17.9 Å². The monoisotopic (exact) mass is 297 g/mol. The van der Waals surface area contributed by atoms with Crippen molar-refractivity contribution in [2.75, 3.05) is 12.4 Å². The van der Waals surface area contributed by atoms with Crippen LogP contribution in [0.1, 0.15) is 16.8 Å². The summed E-state index contributed by atoms with van der Waals surface area (Å²) in [4.78, 5) is 7.25. The van der Waals surface area contributed by atoms with Gasteiger partial charge in [0.15, 0.2) is 0 Å². The molecule has 0 radical (unpaired) electrons. The Morgan fingerprint density at radius 3 is 2.52 bits per heavy atom. The number of anilines is 1. The quantitative estimate of drug-likeness (QED) is 0.920. The molecule has 0 fully saturated rings. The molecule has 0 aliphatic rings. The maximum atomic E-state index is 12.6. The first-order chi connectivity index (χ1) is 10.0. The van der Waals surface area contributed by atoms with E-state index >= 15 is 0 Å². The van der Waals surface area contributed by atoms with Gasteiger partial charge in [0.05, 0.1) is 6.61 Å². The third-order valence-corrected chi connectivity index (χ3v) is 2.80. The second-order valence-corrected chi connectivity index (χ2v) is 4.32. The van der Waals surface area contributed by atoms with Crippen molar-refractivity contribution >= 4 is 5.95 Å². The topological polar surface area (TPSA) is 47.0 Å². The minimum atomic E-state index is -4.48. The summed E-state index contributed by atoms with van der Waals surface area (Å²) in [5, 5.41) is 2.79. The van der Waals surface area contributed by atoms with Crippen molar-refractivity contribution in [2.24, 2.45) is 0 Å². The molecule has 0 aliphatic carbocycles. The molecule has 4 nitrogen and oxygen atoms in total. The summed E-state index contributed by atoms with van der Waals surface area (Å²) in [6, 6.07) is 8.33. The zero-order chi connectivity index (χ0) is 15.3. The number of nitrogens with zero attached hydrogens (tertiary/aromatic N) is 2. The van der Waals surface area contributed by atoms with E-state index in [1.165, 1.54) is 0 Å². The lowest BCUT2D eigenvalue weighted by Gasteiger charge is -2.11. The van der Waals surface area contributed by atoms with Crippen LogP contribution in [0.4, 0.5) is 19.1 Å². The van der Waals surface area contributed by atoms with E-state index in [1.54, 1.807) is 7.11 Å². The molecule has 1 aromatic carbocycles. The van der Waals surface area contributed by atoms with E-state index in [4.69, 9.17) is 4.74 Å². The third kappa shape index (κ3) is 4.16. The second-order valence-electron chi connectivity index (χ2n) is 4.32. The summed E-state index contributed by atoms with van der Waals surface area (Å²) in [6.07, 6.45) is -3.40. The van der Waals surface area contributed by atoms with Gasteiger partial charge in [0.2, 0.25) is 5.95 Å². The molecule has 2 aromatic rings. The zero-order valence-electron chi connectivity index (χ0n) is 11.3. The van der Waals surface area contributed by atoms with E-state index in [1.807, 2.05) is 24.3 Å². The van der Waals surface area contributed by atoms with Gasteiger partial charge in [-0.05, 0) is 17.2 Å². The van der Waals surface area contributed by atoms with Crippen molar-refractivity contribution in [1.82, 2.24) is 9.97 Å². The average molecular weight is 297 g/mol. The molecule has 0 aliphatic heterocycles. The van der Waals surface area contributed by atoms with Crippen molar-refractivity contribution in [3.8, 4) is 0 Å². The summed E-state index contributed by atoms with van der Waals surface area (Å²) in [6.45, 7) is 0.752. The minimum Gasteiger partial charge on any atom is -0.380 e. The van der Waals surface area contributed by atoms with Crippen LogP contribution in [0.5, 0.6) is 0 Å². The van der Waals surface area contributed by atoms with Crippen LogP contribution < -0.4 is 5.32 Å². The van der Waals surface area contributed by atoms with Crippen LogP contribution in [0.2, 0.25) is 0 Å². The Labute approximate surface area is 120 Å². The Hall–Kier alpha value is -2.15. The maximum absolute atomic E-state index is 12.6. The lowest BCUT2D eigenvalue weighted by atomic mass is 10.1. The fourth-order valence-electron chi connectivity index (χ4n) is 1.80. The number of rotatable bonds is 5. The molecule has 0 amide bonds. The maximum Gasteiger partial charge on any atom is 0.433 e. The van der Waals surface area contributed by atoms with E-state index in [0.29, 0.717) is 13.2 Å². The summed E-state index contributed by atoms with van der Waals surface area (Å²) in [7, 11) is 1.58. The van der Waals surface area contributed by atoms with Crippen molar-refractivity contribution in [3.63, 3.8) is 0 Å². The molecule has 0 saturated carbocycles. The molecule has 1 N–H and O–H groups in total. The van der Waals surface area contributed by atoms with Crippen molar-refractivity contribution in [2.45, 2.75) is 19.3 Å².